The minimum Gasteiger partial charge on any atom is -0.379 e. The van der Waals surface area contributed by atoms with Crippen molar-refractivity contribution in [1.82, 2.24) is 0 Å². The molecular weight excluding hydrogens is 252 g/mol. The molecule has 1 aromatic rings. The Labute approximate surface area is 111 Å². The molecule has 0 saturated carbocycles. The number of hydrogen-bond donors (Lipinski definition) is 0. The van der Waals surface area contributed by atoms with Gasteiger partial charge in [0.15, 0.2) is 0 Å². The molecule has 0 N–H and O–H groups in total. The predicted molar refractivity (Wildman–Crippen MR) is 68.5 cm³/mol. The topological polar surface area (TPSA) is 53.3 Å². The molecule has 1 aliphatic rings. The highest BCUT2D eigenvalue weighted by molar-refractivity contribution is 6.32. The van der Waals surface area contributed by atoms with Crippen LogP contribution in [-0.2, 0) is 9.53 Å². The van der Waals surface area contributed by atoms with Gasteiger partial charge in [0.1, 0.15) is 6.07 Å². The number of carbonyl (C=O) groups excluding carboxylic acids is 1. The van der Waals surface area contributed by atoms with Crippen LogP contribution in [0.4, 0.5) is 5.69 Å². The molecular formula is C13H13ClN2O2. The van der Waals surface area contributed by atoms with E-state index < -0.39 is 0 Å². The molecule has 0 aliphatic carbocycles. The van der Waals surface area contributed by atoms with Gasteiger partial charge in [0.2, 0.25) is 5.91 Å². The summed E-state index contributed by atoms with van der Waals surface area (Å²) in [7, 11) is 1.60. The van der Waals surface area contributed by atoms with E-state index in [9.17, 15) is 4.79 Å². The first-order chi connectivity index (χ1) is 8.58. The SMILES string of the molecule is CO[C@H]1CC(=O)N(c2ccc(C#N)c(Cl)c2)[C@H]1C. The number of halogens is 1. The maximum absolute atomic E-state index is 12.0. The Kier molecular flexibility index (Phi) is 3.55. The number of nitriles is 1. The first-order valence-electron chi connectivity index (χ1n) is 5.63. The molecule has 1 aliphatic heterocycles. The van der Waals surface area contributed by atoms with Gasteiger partial charge in [0, 0.05) is 12.8 Å². The van der Waals surface area contributed by atoms with Crippen molar-refractivity contribution in [2.24, 2.45) is 0 Å². The summed E-state index contributed by atoms with van der Waals surface area (Å²) in [5.41, 5.74) is 1.11. The zero-order chi connectivity index (χ0) is 13.3. The number of methoxy groups -OCH3 is 1. The van der Waals surface area contributed by atoms with Crippen LogP contribution in [0.1, 0.15) is 18.9 Å². The average molecular weight is 265 g/mol. The molecule has 4 nitrogen and oxygen atoms in total. The number of anilines is 1. The second-order valence-corrected chi connectivity index (χ2v) is 4.67. The van der Waals surface area contributed by atoms with Crippen molar-refractivity contribution in [2.75, 3.05) is 12.0 Å². The highest BCUT2D eigenvalue weighted by Gasteiger charge is 2.37. The maximum Gasteiger partial charge on any atom is 0.230 e. The number of amides is 1. The molecule has 2 rings (SSSR count). The number of rotatable bonds is 2. The molecule has 0 radical (unpaired) electrons. The van der Waals surface area contributed by atoms with E-state index >= 15 is 0 Å². The van der Waals surface area contributed by atoms with E-state index in [1.165, 1.54) is 0 Å². The third kappa shape index (κ3) is 2.07. The van der Waals surface area contributed by atoms with Gasteiger partial charge in [0.25, 0.3) is 0 Å². The Bertz CT molecular complexity index is 524. The summed E-state index contributed by atoms with van der Waals surface area (Å²) in [6.45, 7) is 1.94. The minimum atomic E-state index is -0.105. The highest BCUT2D eigenvalue weighted by atomic mass is 35.5. The van der Waals surface area contributed by atoms with Crippen LogP contribution in [0.25, 0.3) is 0 Å². The Morgan fingerprint density at radius 3 is 2.78 bits per heavy atom. The van der Waals surface area contributed by atoms with Gasteiger partial charge in [-0.05, 0) is 25.1 Å². The van der Waals surface area contributed by atoms with Crippen molar-refractivity contribution in [2.45, 2.75) is 25.5 Å². The molecule has 1 amide bonds. The molecule has 0 unspecified atom stereocenters. The summed E-state index contributed by atoms with van der Waals surface area (Å²) >= 11 is 5.98. The van der Waals surface area contributed by atoms with Gasteiger partial charge in [-0.3, -0.25) is 4.79 Å². The smallest absolute Gasteiger partial charge is 0.230 e. The fourth-order valence-corrected chi connectivity index (χ4v) is 2.46. The van der Waals surface area contributed by atoms with E-state index in [1.807, 2.05) is 13.0 Å². The summed E-state index contributed by atoms with van der Waals surface area (Å²) in [5.74, 6) is 0.00937. The molecule has 5 heteroatoms. The monoisotopic (exact) mass is 264 g/mol. The quantitative estimate of drug-likeness (QED) is 0.824. The summed E-state index contributed by atoms with van der Waals surface area (Å²) in [6, 6.07) is 6.96. The largest absolute Gasteiger partial charge is 0.379 e. The molecule has 1 heterocycles. The second-order valence-electron chi connectivity index (χ2n) is 4.26. The van der Waals surface area contributed by atoms with E-state index in [2.05, 4.69) is 0 Å². The van der Waals surface area contributed by atoms with Gasteiger partial charge in [-0.15, -0.1) is 0 Å². The average Bonchev–Trinajstić information content (AvgIpc) is 2.64. The van der Waals surface area contributed by atoms with Crippen molar-refractivity contribution >= 4 is 23.2 Å². The molecule has 94 valence electrons. The molecule has 0 spiro atoms. The number of hydrogen-bond acceptors (Lipinski definition) is 3. The van der Waals surface area contributed by atoms with Gasteiger partial charge >= 0.3 is 0 Å². The Balaban J connectivity index is 2.35. The molecule has 2 atom stereocenters. The molecule has 1 aromatic carbocycles. The van der Waals surface area contributed by atoms with Gasteiger partial charge in [-0.25, -0.2) is 0 Å². The van der Waals surface area contributed by atoms with E-state index in [-0.39, 0.29) is 18.1 Å². The summed E-state index contributed by atoms with van der Waals surface area (Å²) in [4.78, 5) is 13.6. The number of nitrogens with zero attached hydrogens (tertiary/aromatic N) is 2. The summed E-state index contributed by atoms with van der Waals surface area (Å²) < 4.78 is 5.27. The van der Waals surface area contributed by atoms with Crippen LogP contribution >= 0.6 is 11.6 Å². The van der Waals surface area contributed by atoms with Crippen LogP contribution in [0.2, 0.25) is 5.02 Å². The van der Waals surface area contributed by atoms with Gasteiger partial charge < -0.3 is 9.64 Å². The predicted octanol–water partition coefficient (Wildman–Crippen LogP) is 2.35. The Morgan fingerprint density at radius 2 is 2.28 bits per heavy atom. The lowest BCUT2D eigenvalue weighted by Gasteiger charge is -2.24. The maximum atomic E-state index is 12.0. The second kappa shape index (κ2) is 4.97. The summed E-state index contributed by atoms with van der Waals surface area (Å²) in [5, 5.41) is 9.18. The van der Waals surface area contributed by atoms with Gasteiger partial charge in [-0.1, -0.05) is 11.6 Å². The highest BCUT2D eigenvalue weighted by Crippen LogP contribution is 2.31. The van der Waals surface area contributed by atoms with Crippen molar-refractivity contribution in [1.29, 1.82) is 5.26 Å². The van der Waals surface area contributed by atoms with Crippen LogP contribution < -0.4 is 4.90 Å². The Morgan fingerprint density at radius 1 is 1.56 bits per heavy atom. The lowest BCUT2D eigenvalue weighted by atomic mass is 10.1. The van der Waals surface area contributed by atoms with E-state index in [4.69, 9.17) is 21.6 Å². The van der Waals surface area contributed by atoms with Gasteiger partial charge in [0.05, 0.1) is 29.2 Å². The number of benzene rings is 1. The van der Waals surface area contributed by atoms with E-state index in [0.29, 0.717) is 22.7 Å². The van der Waals surface area contributed by atoms with Crippen molar-refractivity contribution < 1.29 is 9.53 Å². The lowest BCUT2D eigenvalue weighted by Crippen LogP contribution is -2.35. The standard InChI is InChI=1S/C13H13ClN2O2/c1-8-12(18-2)6-13(17)16(8)10-4-3-9(7-15)11(14)5-10/h3-5,8,12H,6H2,1-2H3/t8-,12-/m0/s1. The Hall–Kier alpha value is -1.57. The molecule has 18 heavy (non-hydrogen) atoms. The third-order valence-electron chi connectivity index (χ3n) is 3.24. The fraction of sp³-hybridized carbons (Fsp3) is 0.385. The minimum absolute atomic E-state index is 0.00937. The first kappa shape index (κ1) is 12.9. The van der Waals surface area contributed by atoms with Crippen LogP contribution in [0.3, 0.4) is 0 Å². The summed E-state index contributed by atoms with van der Waals surface area (Å²) in [6.07, 6.45) is 0.266. The van der Waals surface area contributed by atoms with Crippen LogP contribution in [0.5, 0.6) is 0 Å². The number of carbonyl (C=O) groups is 1. The van der Waals surface area contributed by atoms with Gasteiger partial charge in [-0.2, -0.15) is 5.26 Å². The van der Waals surface area contributed by atoms with Crippen molar-refractivity contribution in [3.05, 3.63) is 28.8 Å². The van der Waals surface area contributed by atoms with E-state index in [1.54, 1.807) is 30.2 Å². The third-order valence-corrected chi connectivity index (χ3v) is 3.56. The molecule has 1 saturated heterocycles. The normalized spacial score (nSPS) is 23.2. The van der Waals surface area contributed by atoms with E-state index in [0.717, 1.165) is 0 Å². The fourth-order valence-electron chi connectivity index (χ4n) is 2.24. The van der Waals surface area contributed by atoms with Crippen LogP contribution in [-0.4, -0.2) is 25.2 Å². The molecule has 0 bridgehead atoms. The zero-order valence-electron chi connectivity index (χ0n) is 10.2. The molecule has 0 aromatic heterocycles. The van der Waals surface area contributed by atoms with Crippen molar-refractivity contribution in [3.63, 3.8) is 0 Å². The van der Waals surface area contributed by atoms with Crippen LogP contribution in [0.15, 0.2) is 18.2 Å². The van der Waals surface area contributed by atoms with Crippen molar-refractivity contribution in [3.8, 4) is 6.07 Å². The number of ether oxygens (including phenoxy) is 1. The lowest BCUT2D eigenvalue weighted by molar-refractivity contribution is -0.117. The molecule has 1 fully saturated rings. The zero-order valence-corrected chi connectivity index (χ0v) is 10.9. The first-order valence-corrected chi connectivity index (χ1v) is 6.00. The van der Waals surface area contributed by atoms with Crippen LogP contribution in [0, 0.1) is 11.3 Å².